The Bertz CT molecular complexity index is 502. The highest BCUT2D eigenvalue weighted by Crippen LogP contribution is 2.21. The molecule has 1 atom stereocenters. The molecule has 18 heavy (non-hydrogen) atoms. The fourth-order valence-corrected chi connectivity index (χ4v) is 2.93. The van der Waals surface area contributed by atoms with Crippen molar-refractivity contribution in [2.75, 3.05) is 0 Å². The van der Waals surface area contributed by atoms with Gasteiger partial charge in [-0.3, -0.25) is 0 Å². The highest BCUT2D eigenvalue weighted by Gasteiger charge is 2.11. The standard InChI is InChI=1S/C13H14BrFN2S/c1-2-12(13-16-5-6-18-13)17-8-9-3-4-11(15)10(14)7-9/h3-7,12,17H,2,8H2,1H3. The number of hydrogen-bond acceptors (Lipinski definition) is 3. The van der Waals surface area contributed by atoms with E-state index in [-0.39, 0.29) is 11.9 Å². The summed E-state index contributed by atoms with van der Waals surface area (Å²) < 4.78 is 13.6. The van der Waals surface area contributed by atoms with Crippen molar-refractivity contribution in [2.24, 2.45) is 0 Å². The van der Waals surface area contributed by atoms with Gasteiger partial charge >= 0.3 is 0 Å². The van der Waals surface area contributed by atoms with Crippen molar-refractivity contribution in [1.82, 2.24) is 10.3 Å². The third kappa shape index (κ3) is 3.37. The fourth-order valence-electron chi connectivity index (χ4n) is 1.70. The molecule has 1 heterocycles. The van der Waals surface area contributed by atoms with Crippen molar-refractivity contribution in [3.05, 3.63) is 50.6 Å². The molecule has 2 rings (SSSR count). The molecule has 0 aliphatic carbocycles. The zero-order valence-corrected chi connectivity index (χ0v) is 12.4. The van der Waals surface area contributed by atoms with Crippen LogP contribution in [0.25, 0.3) is 0 Å². The second-order valence-corrected chi connectivity index (χ2v) is 5.74. The summed E-state index contributed by atoms with van der Waals surface area (Å²) in [6.45, 7) is 2.83. The summed E-state index contributed by atoms with van der Waals surface area (Å²) in [4.78, 5) is 4.32. The second-order valence-electron chi connectivity index (χ2n) is 3.96. The van der Waals surface area contributed by atoms with E-state index in [4.69, 9.17) is 0 Å². The predicted molar refractivity (Wildman–Crippen MR) is 76.1 cm³/mol. The van der Waals surface area contributed by atoms with Crippen LogP contribution in [0.3, 0.4) is 0 Å². The van der Waals surface area contributed by atoms with E-state index in [1.807, 2.05) is 11.6 Å². The quantitative estimate of drug-likeness (QED) is 0.885. The van der Waals surface area contributed by atoms with Crippen LogP contribution in [-0.2, 0) is 6.54 Å². The normalized spacial score (nSPS) is 12.6. The van der Waals surface area contributed by atoms with Crippen LogP contribution in [0.4, 0.5) is 4.39 Å². The van der Waals surface area contributed by atoms with Gasteiger partial charge in [-0.15, -0.1) is 11.3 Å². The number of thiazole rings is 1. The Morgan fingerprint density at radius 3 is 2.94 bits per heavy atom. The highest BCUT2D eigenvalue weighted by molar-refractivity contribution is 9.10. The van der Waals surface area contributed by atoms with E-state index < -0.39 is 0 Å². The highest BCUT2D eigenvalue weighted by atomic mass is 79.9. The average Bonchev–Trinajstić information content (AvgIpc) is 2.88. The topological polar surface area (TPSA) is 24.9 Å². The second kappa shape index (κ2) is 6.41. The smallest absolute Gasteiger partial charge is 0.137 e. The molecule has 0 amide bonds. The van der Waals surface area contributed by atoms with Crippen molar-refractivity contribution in [3.8, 4) is 0 Å². The van der Waals surface area contributed by atoms with Gasteiger partial charge in [0.05, 0.1) is 10.5 Å². The Kier molecular flexibility index (Phi) is 4.86. The van der Waals surface area contributed by atoms with Crippen molar-refractivity contribution in [2.45, 2.75) is 25.9 Å². The van der Waals surface area contributed by atoms with Crippen LogP contribution in [0.15, 0.2) is 34.2 Å². The van der Waals surface area contributed by atoms with E-state index in [9.17, 15) is 4.39 Å². The molecule has 96 valence electrons. The van der Waals surface area contributed by atoms with Crippen LogP contribution in [0, 0.1) is 5.82 Å². The van der Waals surface area contributed by atoms with E-state index in [0.717, 1.165) is 17.0 Å². The van der Waals surface area contributed by atoms with E-state index >= 15 is 0 Å². The Labute approximate surface area is 118 Å². The Morgan fingerprint density at radius 2 is 2.33 bits per heavy atom. The van der Waals surface area contributed by atoms with Crippen LogP contribution >= 0.6 is 27.3 Å². The van der Waals surface area contributed by atoms with Gasteiger partial charge in [-0.05, 0) is 40.0 Å². The van der Waals surface area contributed by atoms with Crippen LogP contribution in [0.2, 0.25) is 0 Å². The Hall–Kier alpha value is -0.780. The zero-order valence-electron chi connectivity index (χ0n) is 9.99. The molecule has 0 aliphatic rings. The number of nitrogens with one attached hydrogen (secondary N) is 1. The summed E-state index contributed by atoms with van der Waals surface area (Å²) in [5.41, 5.74) is 1.05. The molecule has 2 nitrogen and oxygen atoms in total. The summed E-state index contributed by atoms with van der Waals surface area (Å²) in [6.07, 6.45) is 2.80. The van der Waals surface area contributed by atoms with Gasteiger partial charge in [-0.2, -0.15) is 0 Å². The summed E-state index contributed by atoms with van der Waals surface area (Å²) >= 11 is 4.85. The molecule has 2 aromatic rings. The molecule has 0 spiro atoms. The van der Waals surface area contributed by atoms with E-state index in [1.54, 1.807) is 23.5 Å². The molecule has 0 aliphatic heterocycles. The van der Waals surface area contributed by atoms with E-state index in [1.165, 1.54) is 6.07 Å². The van der Waals surface area contributed by atoms with Gasteiger partial charge in [0, 0.05) is 18.1 Å². The molecule has 0 fully saturated rings. The van der Waals surface area contributed by atoms with Crippen LogP contribution in [0.1, 0.15) is 30.0 Å². The van der Waals surface area contributed by atoms with Gasteiger partial charge in [0.15, 0.2) is 0 Å². The van der Waals surface area contributed by atoms with Gasteiger partial charge in [0.1, 0.15) is 10.8 Å². The molecule has 1 aromatic heterocycles. The number of hydrogen-bond donors (Lipinski definition) is 1. The van der Waals surface area contributed by atoms with Crippen molar-refractivity contribution in [1.29, 1.82) is 0 Å². The van der Waals surface area contributed by atoms with Crippen LogP contribution in [-0.4, -0.2) is 4.98 Å². The minimum absolute atomic E-state index is 0.231. The van der Waals surface area contributed by atoms with E-state index in [0.29, 0.717) is 11.0 Å². The van der Waals surface area contributed by atoms with Gasteiger partial charge < -0.3 is 5.32 Å². The molecule has 5 heteroatoms. The summed E-state index contributed by atoms with van der Waals surface area (Å²) in [5, 5.41) is 6.52. The first-order valence-corrected chi connectivity index (χ1v) is 7.44. The minimum Gasteiger partial charge on any atom is -0.304 e. The number of nitrogens with zero attached hydrogens (tertiary/aromatic N) is 1. The molecule has 1 unspecified atom stereocenters. The Morgan fingerprint density at radius 1 is 1.50 bits per heavy atom. The number of rotatable bonds is 5. The largest absolute Gasteiger partial charge is 0.304 e. The maximum Gasteiger partial charge on any atom is 0.137 e. The summed E-state index contributed by atoms with van der Waals surface area (Å²) in [7, 11) is 0. The lowest BCUT2D eigenvalue weighted by atomic mass is 10.2. The lowest BCUT2D eigenvalue weighted by Gasteiger charge is -2.14. The molecule has 1 aromatic carbocycles. The molecule has 0 saturated carbocycles. The molecular formula is C13H14BrFN2S. The minimum atomic E-state index is -0.231. The van der Waals surface area contributed by atoms with Crippen molar-refractivity contribution >= 4 is 27.3 Å². The maximum atomic E-state index is 13.1. The first kappa shape index (κ1) is 13.6. The zero-order chi connectivity index (χ0) is 13.0. The van der Waals surface area contributed by atoms with Crippen molar-refractivity contribution < 1.29 is 4.39 Å². The van der Waals surface area contributed by atoms with Gasteiger partial charge in [0.25, 0.3) is 0 Å². The third-order valence-corrected chi connectivity index (χ3v) is 4.19. The van der Waals surface area contributed by atoms with E-state index in [2.05, 4.69) is 33.2 Å². The first-order chi connectivity index (χ1) is 8.70. The average molecular weight is 329 g/mol. The lowest BCUT2D eigenvalue weighted by molar-refractivity contribution is 0.516. The number of aromatic nitrogens is 1. The maximum absolute atomic E-state index is 13.1. The lowest BCUT2D eigenvalue weighted by Crippen LogP contribution is -2.20. The molecule has 0 radical (unpaired) electrons. The van der Waals surface area contributed by atoms with Crippen LogP contribution in [0.5, 0.6) is 0 Å². The summed E-state index contributed by atoms with van der Waals surface area (Å²) in [6, 6.07) is 5.33. The van der Waals surface area contributed by atoms with Crippen LogP contribution < -0.4 is 5.32 Å². The molecule has 1 N–H and O–H groups in total. The van der Waals surface area contributed by atoms with Gasteiger partial charge in [-0.25, -0.2) is 9.37 Å². The van der Waals surface area contributed by atoms with Gasteiger partial charge in [0.2, 0.25) is 0 Å². The fraction of sp³-hybridized carbons (Fsp3) is 0.308. The monoisotopic (exact) mass is 328 g/mol. The summed E-state index contributed by atoms with van der Waals surface area (Å²) in [5.74, 6) is -0.231. The molecular weight excluding hydrogens is 315 g/mol. The predicted octanol–water partition coefficient (Wildman–Crippen LogP) is 4.29. The number of halogens is 2. The number of benzene rings is 1. The van der Waals surface area contributed by atoms with Gasteiger partial charge in [-0.1, -0.05) is 13.0 Å². The molecule has 0 saturated heterocycles. The first-order valence-electron chi connectivity index (χ1n) is 5.77. The van der Waals surface area contributed by atoms with Crippen molar-refractivity contribution in [3.63, 3.8) is 0 Å². The molecule has 0 bridgehead atoms. The third-order valence-electron chi connectivity index (χ3n) is 2.69. The SMILES string of the molecule is CCC(NCc1ccc(F)c(Br)c1)c1nccs1. The Balaban J connectivity index is 1.99.